The molecule has 1 aliphatic heterocycles. The number of rotatable bonds is 10. The van der Waals surface area contributed by atoms with Gasteiger partial charge in [-0.3, -0.25) is 14.4 Å². The summed E-state index contributed by atoms with van der Waals surface area (Å²) in [4.78, 5) is 35.8. The molecule has 1 heterocycles. The number of aliphatic hydroxyl groups excluding tert-OH is 1. The van der Waals surface area contributed by atoms with Crippen molar-refractivity contribution in [1.29, 1.82) is 0 Å². The summed E-state index contributed by atoms with van der Waals surface area (Å²) < 4.78 is 17.7. The first-order valence-corrected chi connectivity index (χ1v) is 14.3. The molecular weight excluding hydrogens is 544 g/mol. The molecule has 0 saturated carbocycles. The smallest absolute Gasteiger partial charge is 0.303 e. The maximum absolute atomic E-state index is 12.3. The van der Waals surface area contributed by atoms with Gasteiger partial charge in [-0.05, 0) is 54.4 Å². The molecule has 3 N–H and O–H groups in total. The molecule has 1 saturated heterocycles. The van der Waals surface area contributed by atoms with E-state index in [9.17, 15) is 19.5 Å². The van der Waals surface area contributed by atoms with Gasteiger partial charge in [0.1, 0.15) is 0 Å². The zero-order chi connectivity index (χ0) is 29.4. The second-order valence-electron chi connectivity index (χ2n) is 9.73. The van der Waals surface area contributed by atoms with E-state index in [1.54, 1.807) is 23.9 Å². The largest absolute Gasteiger partial charge is 0.453 e. The van der Waals surface area contributed by atoms with E-state index in [4.69, 9.17) is 14.2 Å². The highest BCUT2D eigenvalue weighted by atomic mass is 32.2. The number of hydrogen-bond donors (Lipinski definition) is 3. The molecule has 4 atom stereocenters. The normalized spacial score (nSPS) is 19.2. The fraction of sp³-hybridized carbons (Fsp3) is 0.323. The van der Waals surface area contributed by atoms with Crippen LogP contribution in [0.15, 0.2) is 77.7 Å². The zero-order valence-corrected chi connectivity index (χ0v) is 24.0. The van der Waals surface area contributed by atoms with Crippen molar-refractivity contribution in [2.75, 3.05) is 16.4 Å². The van der Waals surface area contributed by atoms with Gasteiger partial charge in [-0.15, -0.1) is 11.8 Å². The summed E-state index contributed by atoms with van der Waals surface area (Å²) in [6.07, 6.45) is -1.24. The van der Waals surface area contributed by atoms with Crippen LogP contribution in [0.1, 0.15) is 56.3 Å². The fourth-order valence-corrected chi connectivity index (χ4v) is 5.24. The molecule has 2 amide bonds. The SMILES string of the molecule is CC(=O)Nc1ccc(SC[C@@H]2C[C@H](c3ccc(CO)cc3)O[C@H](c3ccc(NC(=O)[C@H](C)OC(C)=O)cc3)O2)cc1. The first kappa shape index (κ1) is 30.3. The zero-order valence-electron chi connectivity index (χ0n) is 23.2. The third-order valence-electron chi connectivity index (χ3n) is 6.39. The first-order chi connectivity index (χ1) is 19.7. The monoisotopic (exact) mass is 578 g/mol. The lowest BCUT2D eigenvalue weighted by molar-refractivity contribution is -0.245. The molecule has 0 bridgehead atoms. The number of aliphatic hydroxyl groups is 1. The lowest BCUT2D eigenvalue weighted by Gasteiger charge is -2.36. The Morgan fingerprint density at radius 3 is 2.12 bits per heavy atom. The minimum Gasteiger partial charge on any atom is -0.453 e. The second-order valence-corrected chi connectivity index (χ2v) is 10.8. The molecule has 0 spiro atoms. The summed E-state index contributed by atoms with van der Waals surface area (Å²) >= 11 is 1.66. The van der Waals surface area contributed by atoms with E-state index in [0.29, 0.717) is 17.9 Å². The lowest BCUT2D eigenvalue weighted by Crippen LogP contribution is -2.31. The van der Waals surface area contributed by atoms with E-state index in [-0.39, 0.29) is 24.7 Å². The van der Waals surface area contributed by atoms with Crippen LogP contribution < -0.4 is 10.6 Å². The number of amides is 2. The molecule has 1 aliphatic rings. The fourth-order valence-electron chi connectivity index (χ4n) is 4.32. The number of carbonyl (C=O) groups is 3. The first-order valence-electron chi connectivity index (χ1n) is 13.3. The summed E-state index contributed by atoms with van der Waals surface area (Å²) in [7, 11) is 0. The molecule has 0 radical (unpaired) electrons. The van der Waals surface area contributed by atoms with Gasteiger partial charge in [0.05, 0.1) is 18.8 Å². The Labute approximate surface area is 243 Å². The van der Waals surface area contributed by atoms with E-state index >= 15 is 0 Å². The predicted molar refractivity (Wildman–Crippen MR) is 156 cm³/mol. The van der Waals surface area contributed by atoms with Gasteiger partial charge in [0.15, 0.2) is 12.4 Å². The van der Waals surface area contributed by atoms with Crippen molar-refractivity contribution in [3.05, 3.63) is 89.5 Å². The number of ether oxygens (including phenoxy) is 3. The minimum absolute atomic E-state index is 0.0277. The minimum atomic E-state index is -0.907. The third-order valence-corrected chi connectivity index (χ3v) is 7.53. The van der Waals surface area contributed by atoms with E-state index in [2.05, 4.69) is 10.6 Å². The number of nitrogens with one attached hydrogen (secondary N) is 2. The highest BCUT2D eigenvalue weighted by Gasteiger charge is 2.32. The predicted octanol–water partition coefficient (Wildman–Crippen LogP) is 5.37. The summed E-state index contributed by atoms with van der Waals surface area (Å²) in [5, 5.41) is 14.9. The van der Waals surface area contributed by atoms with Gasteiger partial charge in [0.2, 0.25) is 5.91 Å². The van der Waals surface area contributed by atoms with Gasteiger partial charge in [0.25, 0.3) is 5.91 Å². The molecule has 1 fully saturated rings. The lowest BCUT2D eigenvalue weighted by atomic mass is 10.0. The summed E-state index contributed by atoms with van der Waals surface area (Å²) in [5.41, 5.74) is 3.92. The van der Waals surface area contributed by atoms with E-state index in [0.717, 1.165) is 27.3 Å². The number of anilines is 2. The summed E-state index contributed by atoms with van der Waals surface area (Å²) in [5.74, 6) is -0.374. The van der Waals surface area contributed by atoms with Crippen LogP contribution in [0.3, 0.4) is 0 Å². The topological polar surface area (TPSA) is 123 Å². The molecule has 3 aromatic carbocycles. The quantitative estimate of drug-likeness (QED) is 0.217. The van der Waals surface area contributed by atoms with Crippen LogP contribution in [-0.2, 0) is 35.2 Å². The van der Waals surface area contributed by atoms with Crippen molar-refractivity contribution in [3.63, 3.8) is 0 Å². The van der Waals surface area contributed by atoms with Gasteiger partial charge in [0, 0.05) is 47.9 Å². The highest BCUT2D eigenvalue weighted by Crippen LogP contribution is 2.39. The molecule has 0 aromatic heterocycles. The Kier molecular flexibility index (Phi) is 10.5. The molecule has 9 nitrogen and oxygen atoms in total. The van der Waals surface area contributed by atoms with Crippen LogP contribution in [0.2, 0.25) is 0 Å². The Bertz CT molecular complexity index is 1330. The van der Waals surface area contributed by atoms with Gasteiger partial charge >= 0.3 is 5.97 Å². The molecule has 0 aliphatic carbocycles. The molecule has 216 valence electrons. The molecule has 41 heavy (non-hydrogen) atoms. The van der Waals surface area contributed by atoms with Crippen molar-refractivity contribution in [3.8, 4) is 0 Å². The van der Waals surface area contributed by atoms with Crippen molar-refractivity contribution in [2.45, 2.75) is 63.3 Å². The van der Waals surface area contributed by atoms with Crippen molar-refractivity contribution in [2.24, 2.45) is 0 Å². The van der Waals surface area contributed by atoms with Gasteiger partial charge in [-0.1, -0.05) is 36.4 Å². The van der Waals surface area contributed by atoms with Crippen molar-refractivity contribution >= 4 is 40.9 Å². The van der Waals surface area contributed by atoms with Crippen LogP contribution in [0.25, 0.3) is 0 Å². The van der Waals surface area contributed by atoms with Crippen molar-refractivity contribution < 1.29 is 33.7 Å². The summed E-state index contributed by atoms with van der Waals surface area (Å²) in [6.45, 7) is 4.22. The number of carbonyl (C=O) groups excluding carboxylic acids is 3. The Morgan fingerprint density at radius 1 is 0.902 bits per heavy atom. The standard InChI is InChI=1S/C31H34N2O7S/c1-19(38-21(3)36)30(37)33-26-10-8-24(9-11-26)31-39-27(16-29(40-31)23-6-4-22(17-34)5-7-23)18-41-28-14-12-25(13-15-28)32-20(2)35/h4-15,19,27,29,31,34H,16-18H2,1-3H3,(H,32,35)(H,33,37)/t19-,27-,29+,31+/m0/s1. The third kappa shape index (κ3) is 8.89. The van der Waals surface area contributed by atoms with Crippen LogP contribution >= 0.6 is 11.8 Å². The maximum Gasteiger partial charge on any atom is 0.303 e. The van der Waals surface area contributed by atoms with Crippen LogP contribution in [0, 0.1) is 0 Å². The van der Waals surface area contributed by atoms with Gasteiger partial charge < -0.3 is 30.0 Å². The maximum atomic E-state index is 12.3. The van der Waals surface area contributed by atoms with E-state index < -0.39 is 24.3 Å². The molecule has 0 unspecified atom stereocenters. The van der Waals surface area contributed by atoms with Crippen LogP contribution in [-0.4, -0.2) is 40.9 Å². The second kappa shape index (κ2) is 14.3. The van der Waals surface area contributed by atoms with Crippen molar-refractivity contribution in [1.82, 2.24) is 0 Å². The van der Waals surface area contributed by atoms with E-state index in [1.807, 2.05) is 60.7 Å². The number of esters is 1. The molecule has 3 aromatic rings. The van der Waals surface area contributed by atoms with Gasteiger partial charge in [-0.2, -0.15) is 0 Å². The number of benzene rings is 3. The van der Waals surface area contributed by atoms with Gasteiger partial charge in [-0.25, -0.2) is 0 Å². The van der Waals surface area contributed by atoms with E-state index in [1.165, 1.54) is 20.8 Å². The average molecular weight is 579 g/mol. The molecule has 10 heteroatoms. The highest BCUT2D eigenvalue weighted by molar-refractivity contribution is 7.99. The average Bonchev–Trinajstić information content (AvgIpc) is 2.96. The number of thioether (sulfide) groups is 1. The van der Waals surface area contributed by atoms with Crippen LogP contribution in [0.4, 0.5) is 11.4 Å². The molecule has 4 rings (SSSR count). The Hall–Kier alpha value is -3.70. The number of hydrogen-bond acceptors (Lipinski definition) is 8. The molecular formula is C31H34N2O7S. The van der Waals surface area contributed by atoms with Crippen LogP contribution in [0.5, 0.6) is 0 Å². The Morgan fingerprint density at radius 2 is 1.51 bits per heavy atom. The Balaban J connectivity index is 1.46. The summed E-state index contributed by atoms with van der Waals surface area (Å²) in [6, 6.07) is 22.5.